The largest absolute Gasteiger partial charge is 0.309 e. The van der Waals surface area contributed by atoms with Gasteiger partial charge in [-0.3, -0.25) is 4.98 Å². The summed E-state index contributed by atoms with van der Waals surface area (Å²) in [6, 6.07) is 74.4. The second kappa shape index (κ2) is 13.4. The Morgan fingerprint density at radius 3 is 1.54 bits per heavy atom. The molecule has 0 saturated carbocycles. The van der Waals surface area contributed by atoms with E-state index in [-0.39, 0.29) is 0 Å². The molecule has 0 aliphatic heterocycles. The van der Waals surface area contributed by atoms with Crippen molar-refractivity contribution in [1.82, 2.24) is 14.5 Å². The molecule has 0 aliphatic rings. The fraction of sp³-hybridized carbons (Fsp3) is 0. The lowest BCUT2D eigenvalue weighted by Gasteiger charge is -2.11. The van der Waals surface area contributed by atoms with Crippen LogP contribution < -0.4 is 0 Å². The van der Waals surface area contributed by atoms with Crippen molar-refractivity contribution < 1.29 is 0 Å². The number of rotatable bonds is 5. The standard InChI is InChI=1S/C56H35N3/c1-2-12-43-33-45(29-27-36(43)11-1)59-53-22-8-7-19-48(53)51-34-44(28-30-54(51)59)42-16-10-15-41(32-42)40-14-9-13-39(31-40)37-23-25-38(26-24-37)52-35-57-55-49-20-5-3-17-46(49)47-18-4-6-21-50(47)56(55)58-52/h1-35H. The molecule has 0 saturated heterocycles. The minimum Gasteiger partial charge on any atom is -0.309 e. The molecule has 274 valence electrons. The molecule has 0 atom stereocenters. The van der Waals surface area contributed by atoms with E-state index in [1.807, 2.05) is 6.20 Å². The van der Waals surface area contributed by atoms with Gasteiger partial charge in [0, 0.05) is 32.8 Å². The van der Waals surface area contributed by atoms with Crippen LogP contribution in [-0.4, -0.2) is 14.5 Å². The van der Waals surface area contributed by atoms with Gasteiger partial charge in [-0.25, -0.2) is 4.98 Å². The van der Waals surface area contributed by atoms with Crippen molar-refractivity contribution in [3.63, 3.8) is 0 Å². The Balaban J connectivity index is 0.871. The first kappa shape index (κ1) is 33.3. The highest BCUT2D eigenvalue weighted by molar-refractivity contribution is 6.23. The van der Waals surface area contributed by atoms with Crippen LogP contribution in [0, 0.1) is 0 Å². The van der Waals surface area contributed by atoms with Gasteiger partial charge < -0.3 is 4.57 Å². The van der Waals surface area contributed by atoms with Gasteiger partial charge in [-0.1, -0.05) is 164 Å². The molecule has 2 aromatic heterocycles. The average molecular weight is 750 g/mol. The van der Waals surface area contributed by atoms with E-state index >= 15 is 0 Å². The molecule has 10 aromatic carbocycles. The van der Waals surface area contributed by atoms with Gasteiger partial charge in [0.15, 0.2) is 0 Å². The third-order valence-electron chi connectivity index (χ3n) is 12.0. The zero-order valence-electron chi connectivity index (χ0n) is 32.0. The molecule has 0 unspecified atom stereocenters. The fourth-order valence-electron chi connectivity index (χ4n) is 9.10. The third-order valence-corrected chi connectivity index (χ3v) is 12.0. The van der Waals surface area contributed by atoms with Crippen molar-refractivity contribution in [1.29, 1.82) is 0 Å². The lowest BCUT2D eigenvalue weighted by Crippen LogP contribution is -1.93. The minimum atomic E-state index is 0.867. The summed E-state index contributed by atoms with van der Waals surface area (Å²) in [5.74, 6) is 0. The molecule has 3 nitrogen and oxygen atoms in total. The Hall–Kier alpha value is -7.88. The lowest BCUT2D eigenvalue weighted by atomic mass is 9.95. The van der Waals surface area contributed by atoms with Crippen molar-refractivity contribution in [2.45, 2.75) is 0 Å². The van der Waals surface area contributed by atoms with E-state index in [0.717, 1.165) is 38.6 Å². The molecule has 0 radical (unpaired) electrons. The van der Waals surface area contributed by atoms with E-state index in [1.54, 1.807) is 0 Å². The highest BCUT2D eigenvalue weighted by Crippen LogP contribution is 2.38. The summed E-state index contributed by atoms with van der Waals surface area (Å²) >= 11 is 0. The maximum atomic E-state index is 5.21. The smallest absolute Gasteiger partial charge is 0.0979 e. The SMILES string of the molecule is c1cc(-c2ccc(-c3cnc4c5ccccc5c5ccccc5c4n3)cc2)cc(-c2cccc(-c3ccc4c(c3)c3ccccc3n4-c3ccc4ccccc4c3)c2)c1. The summed E-state index contributed by atoms with van der Waals surface area (Å²) in [4.78, 5) is 10.2. The Labute approximate surface area is 341 Å². The fourth-order valence-corrected chi connectivity index (χ4v) is 9.10. The van der Waals surface area contributed by atoms with Crippen LogP contribution in [-0.2, 0) is 0 Å². The summed E-state index contributed by atoms with van der Waals surface area (Å²) in [7, 11) is 0. The number of nitrogens with zero attached hydrogens (tertiary/aromatic N) is 3. The lowest BCUT2D eigenvalue weighted by molar-refractivity contribution is 1.19. The molecule has 0 N–H and O–H groups in total. The monoisotopic (exact) mass is 749 g/mol. The molecule has 0 bridgehead atoms. The van der Waals surface area contributed by atoms with Crippen molar-refractivity contribution in [2.24, 2.45) is 0 Å². The number of hydrogen-bond donors (Lipinski definition) is 0. The van der Waals surface area contributed by atoms with Crippen molar-refractivity contribution >= 4 is 65.2 Å². The van der Waals surface area contributed by atoms with Crippen LogP contribution in [0.25, 0.3) is 115 Å². The minimum absolute atomic E-state index is 0.867. The quantitative estimate of drug-likeness (QED) is 0.164. The molecule has 0 amide bonds. The molecule has 0 spiro atoms. The van der Waals surface area contributed by atoms with Gasteiger partial charge in [-0.2, -0.15) is 0 Å². The van der Waals surface area contributed by atoms with Crippen LogP contribution in [0.3, 0.4) is 0 Å². The van der Waals surface area contributed by atoms with Gasteiger partial charge in [0.2, 0.25) is 0 Å². The van der Waals surface area contributed by atoms with E-state index in [0.29, 0.717) is 0 Å². The van der Waals surface area contributed by atoms with Crippen molar-refractivity contribution in [3.05, 3.63) is 212 Å². The molecule has 12 rings (SSSR count). The summed E-state index contributed by atoms with van der Waals surface area (Å²) < 4.78 is 2.40. The predicted octanol–water partition coefficient (Wildman–Crippen LogP) is 14.9. The molecule has 12 aromatic rings. The van der Waals surface area contributed by atoms with Crippen molar-refractivity contribution in [2.75, 3.05) is 0 Å². The molecular formula is C56H35N3. The van der Waals surface area contributed by atoms with Crippen LogP contribution in [0.4, 0.5) is 0 Å². The van der Waals surface area contributed by atoms with Crippen LogP contribution in [0.15, 0.2) is 212 Å². The van der Waals surface area contributed by atoms with Gasteiger partial charge >= 0.3 is 0 Å². The number of fused-ring (bicyclic) bond motifs is 10. The van der Waals surface area contributed by atoms with E-state index in [1.165, 1.54) is 76.9 Å². The highest BCUT2D eigenvalue weighted by Gasteiger charge is 2.15. The molecule has 59 heavy (non-hydrogen) atoms. The first-order valence-electron chi connectivity index (χ1n) is 20.1. The molecule has 0 fully saturated rings. The second-order valence-electron chi connectivity index (χ2n) is 15.4. The maximum absolute atomic E-state index is 5.21. The Kier molecular flexibility index (Phi) is 7.54. The Morgan fingerprint density at radius 2 is 0.831 bits per heavy atom. The van der Waals surface area contributed by atoms with Crippen LogP contribution in [0.2, 0.25) is 0 Å². The van der Waals surface area contributed by atoms with Gasteiger partial charge in [0.1, 0.15) is 0 Å². The average Bonchev–Trinajstić information content (AvgIpc) is 3.65. The Morgan fingerprint density at radius 1 is 0.305 bits per heavy atom. The number of para-hydroxylation sites is 1. The van der Waals surface area contributed by atoms with E-state index in [4.69, 9.17) is 9.97 Å². The zero-order chi connectivity index (χ0) is 38.9. The van der Waals surface area contributed by atoms with Crippen LogP contribution in [0.5, 0.6) is 0 Å². The van der Waals surface area contributed by atoms with Gasteiger partial charge in [-0.05, 0) is 97.4 Å². The first-order chi connectivity index (χ1) is 29.2. The molecular weight excluding hydrogens is 715 g/mol. The van der Waals surface area contributed by atoms with Gasteiger partial charge in [0.25, 0.3) is 0 Å². The second-order valence-corrected chi connectivity index (χ2v) is 15.4. The topological polar surface area (TPSA) is 30.7 Å². The van der Waals surface area contributed by atoms with E-state index in [9.17, 15) is 0 Å². The predicted molar refractivity (Wildman–Crippen MR) is 248 cm³/mol. The molecule has 2 heterocycles. The number of benzene rings is 10. The third kappa shape index (κ3) is 5.51. The summed E-state index contributed by atoms with van der Waals surface area (Å²) in [5.41, 5.74) is 14.5. The van der Waals surface area contributed by atoms with Gasteiger partial charge in [-0.15, -0.1) is 0 Å². The first-order valence-corrected chi connectivity index (χ1v) is 20.1. The normalized spacial score (nSPS) is 11.7. The Bertz CT molecular complexity index is 3580. The van der Waals surface area contributed by atoms with E-state index < -0.39 is 0 Å². The highest BCUT2D eigenvalue weighted by atomic mass is 15.0. The molecule has 3 heteroatoms. The summed E-state index contributed by atoms with van der Waals surface area (Å²) in [6.07, 6.45) is 1.91. The van der Waals surface area contributed by atoms with Gasteiger partial charge in [0.05, 0.1) is 34.0 Å². The number of aromatic nitrogens is 3. The molecule has 0 aliphatic carbocycles. The van der Waals surface area contributed by atoms with Crippen LogP contribution >= 0.6 is 0 Å². The van der Waals surface area contributed by atoms with Crippen molar-refractivity contribution in [3.8, 4) is 50.3 Å². The maximum Gasteiger partial charge on any atom is 0.0979 e. The zero-order valence-corrected chi connectivity index (χ0v) is 32.0. The van der Waals surface area contributed by atoms with E-state index in [2.05, 4.69) is 211 Å². The summed E-state index contributed by atoms with van der Waals surface area (Å²) in [5, 5.41) is 9.64. The summed E-state index contributed by atoms with van der Waals surface area (Å²) in [6.45, 7) is 0. The van der Waals surface area contributed by atoms with Crippen LogP contribution in [0.1, 0.15) is 0 Å². The number of hydrogen-bond acceptors (Lipinski definition) is 2.